The lowest BCUT2D eigenvalue weighted by Gasteiger charge is -2.23. The molecule has 1 aromatic heterocycles. The number of nitro benzene ring substituents is 1. The summed E-state index contributed by atoms with van der Waals surface area (Å²) < 4.78 is 1.19. The van der Waals surface area contributed by atoms with Gasteiger partial charge in [0.25, 0.3) is 11.2 Å². The van der Waals surface area contributed by atoms with Gasteiger partial charge < -0.3 is 10.3 Å². The van der Waals surface area contributed by atoms with E-state index in [0.717, 1.165) is 13.1 Å². The number of aromatic amines is 1. The van der Waals surface area contributed by atoms with Gasteiger partial charge in [-0.1, -0.05) is 0 Å². The summed E-state index contributed by atoms with van der Waals surface area (Å²) in [5.41, 5.74) is -0.776. The number of nitrogens with one attached hydrogen (secondary N) is 2. The highest BCUT2D eigenvalue weighted by Gasteiger charge is 2.20. The van der Waals surface area contributed by atoms with Gasteiger partial charge in [-0.15, -0.1) is 17.0 Å². The van der Waals surface area contributed by atoms with Crippen molar-refractivity contribution in [3.05, 3.63) is 49.2 Å². The fourth-order valence-corrected chi connectivity index (χ4v) is 2.73. The maximum Gasteiger partial charge on any atom is 0.329 e. The van der Waals surface area contributed by atoms with E-state index in [9.17, 15) is 19.7 Å². The van der Waals surface area contributed by atoms with Crippen molar-refractivity contribution < 1.29 is 4.92 Å². The van der Waals surface area contributed by atoms with Crippen molar-refractivity contribution in [3.8, 4) is 0 Å². The second kappa shape index (κ2) is 6.41. The van der Waals surface area contributed by atoms with E-state index in [0.29, 0.717) is 18.4 Å². The lowest BCUT2D eigenvalue weighted by atomic mass is 10.1. The molecule has 2 aromatic rings. The van der Waals surface area contributed by atoms with Crippen molar-refractivity contribution in [1.29, 1.82) is 0 Å². The Morgan fingerprint density at radius 3 is 2.55 bits per heavy atom. The molecule has 0 spiro atoms. The van der Waals surface area contributed by atoms with Gasteiger partial charge >= 0.3 is 5.69 Å². The predicted molar refractivity (Wildman–Crippen MR) is 86.9 cm³/mol. The maximum absolute atomic E-state index is 12.5. The van der Waals surface area contributed by atoms with Crippen LogP contribution in [-0.2, 0) is 0 Å². The summed E-state index contributed by atoms with van der Waals surface area (Å²) in [4.78, 5) is 37.5. The summed E-state index contributed by atoms with van der Waals surface area (Å²) in [6.07, 6.45) is 1.37. The normalized spacial score (nSPS) is 15.5. The quantitative estimate of drug-likeness (QED) is 0.607. The van der Waals surface area contributed by atoms with Crippen LogP contribution in [0.4, 0.5) is 5.69 Å². The fraction of sp³-hybridized carbons (Fsp3) is 0.385. The molecule has 1 fully saturated rings. The van der Waals surface area contributed by atoms with E-state index in [4.69, 9.17) is 0 Å². The number of halogens is 1. The minimum Gasteiger partial charge on any atom is -0.317 e. The van der Waals surface area contributed by atoms with Crippen LogP contribution >= 0.6 is 17.0 Å². The van der Waals surface area contributed by atoms with Gasteiger partial charge in [-0.3, -0.25) is 19.5 Å². The van der Waals surface area contributed by atoms with E-state index >= 15 is 0 Å². The summed E-state index contributed by atoms with van der Waals surface area (Å²) in [5.74, 6) is 0. The van der Waals surface area contributed by atoms with E-state index < -0.39 is 16.2 Å². The first-order valence-corrected chi connectivity index (χ1v) is 6.71. The molecule has 1 aliphatic rings. The van der Waals surface area contributed by atoms with Crippen LogP contribution in [0.3, 0.4) is 0 Å². The Bertz CT molecular complexity index is 823. The first-order chi connectivity index (χ1) is 10.1. The number of nitrogens with zero attached hydrogens (tertiary/aromatic N) is 2. The number of non-ortho nitro benzene ring substituents is 1. The van der Waals surface area contributed by atoms with Crippen LogP contribution in [0.15, 0.2) is 27.8 Å². The molecule has 1 aromatic carbocycles. The van der Waals surface area contributed by atoms with E-state index in [1.165, 1.54) is 22.8 Å². The lowest BCUT2D eigenvalue weighted by Crippen LogP contribution is -2.42. The van der Waals surface area contributed by atoms with Crippen LogP contribution in [0, 0.1) is 10.1 Å². The van der Waals surface area contributed by atoms with Crippen molar-refractivity contribution in [2.24, 2.45) is 0 Å². The zero-order chi connectivity index (χ0) is 15.0. The number of hydrogen-bond acceptors (Lipinski definition) is 5. The molecular weight excluding hydrogens is 356 g/mol. The summed E-state index contributed by atoms with van der Waals surface area (Å²) in [7, 11) is 0. The standard InChI is InChI=1S/C13H14N4O4.BrH/c18-12-10-7-9(17(20)21)1-2-11(10)15-13(19)16(12)8-3-5-14-6-4-8;/h1-2,7-8,14H,3-6H2,(H,15,19);1H. The summed E-state index contributed by atoms with van der Waals surface area (Å²) in [6, 6.07) is 3.70. The van der Waals surface area contributed by atoms with Crippen LogP contribution < -0.4 is 16.6 Å². The number of benzene rings is 1. The highest BCUT2D eigenvalue weighted by atomic mass is 79.9. The molecule has 1 aliphatic heterocycles. The zero-order valence-electron chi connectivity index (χ0n) is 11.6. The molecule has 0 atom stereocenters. The molecule has 8 nitrogen and oxygen atoms in total. The third kappa shape index (κ3) is 2.81. The average Bonchev–Trinajstić information content (AvgIpc) is 2.48. The number of rotatable bonds is 2. The van der Waals surface area contributed by atoms with Crippen LogP contribution in [0.5, 0.6) is 0 Å². The molecule has 0 saturated carbocycles. The van der Waals surface area contributed by atoms with Gasteiger partial charge in [-0.2, -0.15) is 0 Å². The number of piperidine rings is 1. The number of nitro groups is 1. The number of hydrogen-bond donors (Lipinski definition) is 2. The van der Waals surface area contributed by atoms with Gasteiger partial charge in [0.1, 0.15) is 0 Å². The topological polar surface area (TPSA) is 110 Å². The molecule has 0 radical (unpaired) electrons. The Kier molecular flexibility index (Phi) is 4.77. The van der Waals surface area contributed by atoms with E-state index in [1.807, 2.05) is 0 Å². The molecule has 9 heteroatoms. The lowest BCUT2D eigenvalue weighted by molar-refractivity contribution is -0.384. The molecule has 2 heterocycles. The third-order valence-corrected chi connectivity index (χ3v) is 3.80. The highest BCUT2D eigenvalue weighted by molar-refractivity contribution is 8.93. The first kappa shape index (κ1) is 16.4. The van der Waals surface area contributed by atoms with Gasteiger partial charge in [-0.25, -0.2) is 4.79 Å². The van der Waals surface area contributed by atoms with Crippen LogP contribution in [0.1, 0.15) is 18.9 Å². The SMILES string of the molecule is Br.O=c1[nH]c2ccc([N+](=O)[O-])cc2c(=O)n1C1CCNCC1. The number of H-pyrrole nitrogens is 1. The van der Waals surface area contributed by atoms with E-state index in [2.05, 4.69) is 10.3 Å². The molecule has 0 amide bonds. The molecule has 0 aliphatic carbocycles. The molecule has 2 N–H and O–H groups in total. The van der Waals surface area contributed by atoms with Crippen molar-refractivity contribution in [2.45, 2.75) is 18.9 Å². The minimum absolute atomic E-state index is 0. The van der Waals surface area contributed by atoms with Crippen LogP contribution in [0.25, 0.3) is 10.9 Å². The monoisotopic (exact) mass is 370 g/mol. The number of aromatic nitrogens is 2. The Morgan fingerprint density at radius 1 is 1.23 bits per heavy atom. The molecule has 118 valence electrons. The largest absolute Gasteiger partial charge is 0.329 e. The van der Waals surface area contributed by atoms with E-state index in [1.54, 1.807) is 0 Å². The molecule has 0 unspecified atom stereocenters. The van der Waals surface area contributed by atoms with Gasteiger partial charge in [0, 0.05) is 18.2 Å². The second-order valence-corrected chi connectivity index (χ2v) is 5.07. The zero-order valence-corrected chi connectivity index (χ0v) is 13.3. The molecule has 22 heavy (non-hydrogen) atoms. The smallest absolute Gasteiger partial charge is 0.317 e. The third-order valence-electron chi connectivity index (χ3n) is 3.80. The van der Waals surface area contributed by atoms with Crippen LogP contribution in [0.2, 0.25) is 0 Å². The predicted octanol–water partition coefficient (Wildman–Crippen LogP) is 1.10. The van der Waals surface area contributed by atoms with Gasteiger partial charge in [0.2, 0.25) is 0 Å². The summed E-state index contributed by atoms with van der Waals surface area (Å²) in [5, 5.41) is 14.2. The Hall–Kier alpha value is -2.00. The van der Waals surface area contributed by atoms with Gasteiger partial charge in [-0.05, 0) is 32.0 Å². The Labute approximate surface area is 135 Å². The van der Waals surface area contributed by atoms with Crippen molar-refractivity contribution in [2.75, 3.05) is 13.1 Å². The summed E-state index contributed by atoms with van der Waals surface area (Å²) >= 11 is 0. The highest BCUT2D eigenvalue weighted by Crippen LogP contribution is 2.18. The molecule has 0 bridgehead atoms. The first-order valence-electron chi connectivity index (χ1n) is 6.71. The average molecular weight is 371 g/mol. The van der Waals surface area contributed by atoms with Crippen LogP contribution in [-0.4, -0.2) is 27.6 Å². The van der Waals surface area contributed by atoms with Crippen molar-refractivity contribution >= 4 is 33.6 Å². The van der Waals surface area contributed by atoms with Crippen molar-refractivity contribution in [3.63, 3.8) is 0 Å². The second-order valence-electron chi connectivity index (χ2n) is 5.07. The number of fused-ring (bicyclic) bond motifs is 1. The van der Waals surface area contributed by atoms with E-state index in [-0.39, 0.29) is 34.1 Å². The molecule has 1 saturated heterocycles. The molecule has 3 rings (SSSR count). The summed E-state index contributed by atoms with van der Waals surface area (Å²) in [6.45, 7) is 1.48. The Balaban J connectivity index is 0.00000176. The fourth-order valence-electron chi connectivity index (χ4n) is 2.73. The van der Waals surface area contributed by atoms with Gasteiger partial charge in [0.15, 0.2) is 0 Å². The Morgan fingerprint density at radius 2 is 1.91 bits per heavy atom. The van der Waals surface area contributed by atoms with Crippen molar-refractivity contribution in [1.82, 2.24) is 14.9 Å². The van der Waals surface area contributed by atoms with Gasteiger partial charge in [0.05, 0.1) is 15.8 Å². The minimum atomic E-state index is -0.557. The molecular formula is C13H15BrN4O4. The maximum atomic E-state index is 12.5.